The Hall–Kier alpha value is -1.11. The molecule has 1 atom stereocenters. The first kappa shape index (κ1) is 20.2. The molecule has 3 heterocycles. The van der Waals surface area contributed by atoms with E-state index in [1.165, 1.54) is 10.4 Å². The maximum atomic E-state index is 12.1. The number of likely N-dealkylation sites (tertiary alicyclic amines) is 1. The van der Waals surface area contributed by atoms with Crippen molar-refractivity contribution in [3.63, 3.8) is 0 Å². The Morgan fingerprint density at radius 3 is 2.75 bits per heavy atom. The molecule has 1 saturated heterocycles. The molecule has 2 aliphatic rings. The molecule has 0 radical (unpaired) electrons. The second kappa shape index (κ2) is 8.33. The first-order chi connectivity index (χ1) is 13.5. The van der Waals surface area contributed by atoms with Gasteiger partial charge in [0.2, 0.25) is 5.91 Å². The summed E-state index contributed by atoms with van der Waals surface area (Å²) in [6.07, 6.45) is 3.33. The SMILES string of the molecule is NC(=O)[C@H](Cc1ccccc1Cl)CN1CCC2(CC1)OCCc1cc(Cl)sc12. The molecule has 7 heteroatoms. The van der Waals surface area contributed by atoms with E-state index in [4.69, 9.17) is 33.7 Å². The Morgan fingerprint density at radius 1 is 1.29 bits per heavy atom. The molecule has 1 amide bonds. The number of thiophene rings is 1. The van der Waals surface area contributed by atoms with Crippen molar-refractivity contribution in [2.45, 2.75) is 31.3 Å². The molecule has 4 nitrogen and oxygen atoms in total. The van der Waals surface area contributed by atoms with Crippen LogP contribution >= 0.6 is 34.5 Å². The fourth-order valence-electron chi connectivity index (χ4n) is 4.35. The van der Waals surface area contributed by atoms with Crippen LogP contribution in [0.3, 0.4) is 0 Å². The molecule has 150 valence electrons. The van der Waals surface area contributed by atoms with Crippen molar-refractivity contribution in [2.24, 2.45) is 11.7 Å². The smallest absolute Gasteiger partial charge is 0.222 e. The Morgan fingerprint density at radius 2 is 2.04 bits per heavy atom. The van der Waals surface area contributed by atoms with Gasteiger partial charge < -0.3 is 15.4 Å². The van der Waals surface area contributed by atoms with Crippen molar-refractivity contribution in [1.82, 2.24) is 4.90 Å². The standard InChI is InChI=1S/C21H24Cl2N2O2S/c22-17-4-2-1-3-14(17)11-16(20(24)26)13-25-8-6-21(7-9-25)19-15(5-10-27-21)12-18(23)28-19/h1-4,12,16H,5-11,13H2,(H2,24,26)/t16-/m1/s1. The minimum absolute atomic E-state index is 0.215. The van der Waals surface area contributed by atoms with Crippen LogP contribution in [0.1, 0.15) is 28.8 Å². The minimum Gasteiger partial charge on any atom is -0.369 e. The van der Waals surface area contributed by atoms with Crippen LogP contribution in [0.25, 0.3) is 0 Å². The molecule has 2 aromatic rings. The number of hydrogen-bond acceptors (Lipinski definition) is 4. The molecular weight excluding hydrogens is 415 g/mol. The summed E-state index contributed by atoms with van der Waals surface area (Å²) >= 11 is 14.2. The summed E-state index contributed by atoms with van der Waals surface area (Å²) in [7, 11) is 0. The second-order valence-corrected chi connectivity index (χ2v) is 9.78. The van der Waals surface area contributed by atoms with Gasteiger partial charge in [-0.3, -0.25) is 4.79 Å². The number of rotatable bonds is 5. The molecule has 0 saturated carbocycles. The van der Waals surface area contributed by atoms with Gasteiger partial charge in [-0.25, -0.2) is 0 Å². The highest BCUT2D eigenvalue weighted by molar-refractivity contribution is 7.16. The van der Waals surface area contributed by atoms with Crippen LogP contribution in [0.4, 0.5) is 0 Å². The van der Waals surface area contributed by atoms with Gasteiger partial charge in [0.15, 0.2) is 0 Å². The van der Waals surface area contributed by atoms with E-state index in [0.717, 1.165) is 48.9 Å². The molecule has 4 rings (SSSR count). The third-order valence-corrected chi connectivity index (χ3v) is 7.77. The van der Waals surface area contributed by atoms with Crippen LogP contribution in [-0.4, -0.2) is 37.0 Å². The zero-order valence-corrected chi connectivity index (χ0v) is 18.0. The lowest BCUT2D eigenvalue weighted by Gasteiger charge is -2.44. The molecule has 1 spiro atoms. The molecule has 28 heavy (non-hydrogen) atoms. The van der Waals surface area contributed by atoms with Crippen LogP contribution < -0.4 is 5.73 Å². The summed E-state index contributed by atoms with van der Waals surface area (Å²) in [6.45, 7) is 3.15. The van der Waals surface area contributed by atoms with Crippen molar-refractivity contribution in [3.05, 3.63) is 55.7 Å². The van der Waals surface area contributed by atoms with Crippen molar-refractivity contribution >= 4 is 40.4 Å². The predicted molar refractivity (Wildman–Crippen MR) is 114 cm³/mol. The minimum atomic E-state index is -0.276. The fourth-order valence-corrected chi connectivity index (χ4v) is 6.07. The van der Waals surface area contributed by atoms with Gasteiger partial charge in [-0.2, -0.15) is 0 Å². The van der Waals surface area contributed by atoms with Gasteiger partial charge in [0, 0.05) is 29.5 Å². The topological polar surface area (TPSA) is 55.6 Å². The first-order valence-electron chi connectivity index (χ1n) is 9.64. The third-order valence-electron chi connectivity index (χ3n) is 5.91. The van der Waals surface area contributed by atoms with Crippen LogP contribution in [-0.2, 0) is 28.0 Å². The summed E-state index contributed by atoms with van der Waals surface area (Å²) in [6, 6.07) is 9.73. The Balaban J connectivity index is 1.42. The zero-order valence-electron chi connectivity index (χ0n) is 15.6. The third kappa shape index (κ3) is 4.10. The average Bonchev–Trinajstić information content (AvgIpc) is 3.06. The number of halogens is 2. The number of nitrogens with zero attached hydrogens (tertiary/aromatic N) is 1. The molecule has 0 unspecified atom stereocenters. The number of nitrogens with two attached hydrogens (primary N) is 1. The number of piperidine rings is 1. The number of carbonyl (C=O) groups is 1. The Kier molecular flexibility index (Phi) is 6.00. The summed E-state index contributed by atoms with van der Waals surface area (Å²) in [5, 5.41) is 0.684. The normalized spacial score (nSPS) is 20.1. The largest absolute Gasteiger partial charge is 0.369 e. The van der Waals surface area contributed by atoms with E-state index in [0.29, 0.717) is 18.0 Å². The molecule has 2 N–H and O–H groups in total. The number of carbonyl (C=O) groups excluding carboxylic acids is 1. The number of fused-ring (bicyclic) bond motifs is 2. The van der Waals surface area contributed by atoms with Crippen LogP contribution in [0.15, 0.2) is 30.3 Å². The highest BCUT2D eigenvalue weighted by atomic mass is 35.5. The van der Waals surface area contributed by atoms with Crippen molar-refractivity contribution in [1.29, 1.82) is 0 Å². The lowest BCUT2D eigenvalue weighted by atomic mass is 9.85. The number of ether oxygens (including phenoxy) is 1. The lowest BCUT2D eigenvalue weighted by molar-refractivity contribution is -0.123. The highest BCUT2D eigenvalue weighted by Crippen LogP contribution is 2.46. The molecule has 1 aromatic carbocycles. The zero-order chi connectivity index (χ0) is 19.7. The highest BCUT2D eigenvalue weighted by Gasteiger charge is 2.42. The quantitative estimate of drug-likeness (QED) is 0.758. The monoisotopic (exact) mass is 438 g/mol. The van der Waals surface area contributed by atoms with Gasteiger partial charge >= 0.3 is 0 Å². The maximum absolute atomic E-state index is 12.1. The van der Waals surface area contributed by atoms with E-state index in [1.807, 2.05) is 24.3 Å². The first-order valence-corrected chi connectivity index (χ1v) is 11.2. The molecule has 1 aromatic heterocycles. The van der Waals surface area contributed by atoms with Gasteiger partial charge in [0.25, 0.3) is 0 Å². The number of benzene rings is 1. The average molecular weight is 439 g/mol. The van der Waals surface area contributed by atoms with Crippen molar-refractivity contribution in [2.75, 3.05) is 26.2 Å². The van der Waals surface area contributed by atoms with E-state index in [1.54, 1.807) is 11.3 Å². The summed E-state index contributed by atoms with van der Waals surface area (Å²) in [5.74, 6) is -0.533. The van der Waals surface area contributed by atoms with E-state index in [2.05, 4.69) is 11.0 Å². The van der Waals surface area contributed by atoms with E-state index < -0.39 is 0 Å². The number of primary amides is 1. The summed E-state index contributed by atoms with van der Waals surface area (Å²) in [5.41, 5.74) is 7.80. The lowest BCUT2D eigenvalue weighted by Crippen LogP contribution is -2.48. The van der Waals surface area contributed by atoms with E-state index >= 15 is 0 Å². The maximum Gasteiger partial charge on any atom is 0.222 e. The predicted octanol–water partition coefficient (Wildman–Crippen LogP) is 4.26. The van der Waals surface area contributed by atoms with Gasteiger partial charge in [0.1, 0.15) is 5.60 Å². The Bertz CT molecular complexity index is 862. The molecule has 0 bridgehead atoms. The molecule has 1 fully saturated rings. The van der Waals surface area contributed by atoms with Crippen molar-refractivity contribution < 1.29 is 9.53 Å². The van der Waals surface area contributed by atoms with E-state index in [-0.39, 0.29) is 17.4 Å². The Labute approximate surface area is 179 Å². The summed E-state index contributed by atoms with van der Waals surface area (Å²) in [4.78, 5) is 15.7. The number of amides is 1. The van der Waals surface area contributed by atoms with Gasteiger partial charge in [-0.15, -0.1) is 11.3 Å². The van der Waals surface area contributed by atoms with Crippen LogP contribution in [0.2, 0.25) is 9.36 Å². The van der Waals surface area contributed by atoms with Crippen LogP contribution in [0.5, 0.6) is 0 Å². The van der Waals surface area contributed by atoms with Crippen LogP contribution in [0, 0.1) is 5.92 Å². The van der Waals surface area contributed by atoms with E-state index in [9.17, 15) is 4.79 Å². The van der Waals surface area contributed by atoms with Gasteiger partial charge in [0.05, 0.1) is 16.9 Å². The summed E-state index contributed by atoms with van der Waals surface area (Å²) < 4.78 is 7.11. The van der Waals surface area contributed by atoms with Gasteiger partial charge in [-0.1, -0.05) is 41.4 Å². The van der Waals surface area contributed by atoms with Gasteiger partial charge in [-0.05, 0) is 48.9 Å². The fraction of sp³-hybridized carbons (Fsp3) is 0.476. The molecule has 2 aliphatic heterocycles. The molecular formula is C21H24Cl2N2O2S. The second-order valence-electron chi connectivity index (χ2n) is 7.69. The molecule has 0 aliphatic carbocycles. The van der Waals surface area contributed by atoms with Crippen molar-refractivity contribution in [3.8, 4) is 0 Å². The number of hydrogen-bond donors (Lipinski definition) is 1.